The van der Waals surface area contributed by atoms with Crippen LogP contribution < -0.4 is 0 Å². The highest BCUT2D eigenvalue weighted by Gasteiger charge is 2.31. The molecule has 1 aromatic rings. The van der Waals surface area contributed by atoms with Crippen LogP contribution in [0.25, 0.3) is 0 Å². The van der Waals surface area contributed by atoms with Crippen LogP contribution >= 0.6 is 0 Å². The summed E-state index contributed by atoms with van der Waals surface area (Å²) < 4.78 is 12.3. The first-order valence-electron chi connectivity index (χ1n) is 15.9. The molecule has 35 heavy (non-hydrogen) atoms. The molecule has 0 radical (unpaired) electrons. The van der Waals surface area contributed by atoms with Gasteiger partial charge in [-0.3, -0.25) is 4.39 Å². The van der Waals surface area contributed by atoms with Crippen molar-refractivity contribution < 1.29 is 4.39 Å². The molecule has 3 fully saturated rings. The average molecular weight is 483 g/mol. The highest BCUT2D eigenvalue weighted by molar-refractivity contribution is 5.26. The van der Waals surface area contributed by atoms with E-state index < -0.39 is 0 Å². The van der Waals surface area contributed by atoms with E-state index in [1.165, 1.54) is 82.6 Å². The summed E-state index contributed by atoms with van der Waals surface area (Å²) in [5, 5.41) is 0. The Balaban J connectivity index is 1.08. The molecule has 0 amide bonds. The van der Waals surface area contributed by atoms with Crippen LogP contribution in [0.5, 0.6) is 0 Å². The van der Waals surface area contributed by atoms with Crippen molar-refractivity contribution in [3.8, 4) is 0 Å². The maximum absolute atomic E-state index is 12.3. The van der Waals surface area contributed by atoms with Crippen LogP contribution in [0.15, 0.2) is 24.3 Å². The van der Waals surface area contributed by atoms with Gasteiger partial charge in [-0.05, 0) is 117 Å². The van der Waals surface area contributed by atoms with Crippen LogP contribution in [-0.2, 0) is 6.42 Å². The van der Waals surface area contributed by atoms with Gasteiger partial charge in [0.25, 0.3) is 0 Å². The zero-order valence-corrected chi connectivity index (χ0v) is 23.0. The molecule has 0 N–H and O–H groups in total. The number of rotatable bonds is 12. The van der Waals surface area contributed by atoms with Crippen LogP contribution in [0.4, 0.5) is 4.39 Å². The van der Waals surface area contributed by atoms with Crippen molar-refractivity contribution in [3.05, 3.63) is 35.4 Å². The van der Waals surface area contributed by atoms with Gasteiger partial charge >= 0.3 is 0 Å². The maximum atomic E-state index is 12.3. The standard InChI is InChI=1S/C34H55F/c1-2-6-27-10-18-31(19-11-27)33-22-14-29(15-23-33)8-9-30-16-24-34(25-17-30)32-20-12-28(13-21-32)7-4-3-5-26-35/h12-13,20-21,27,29-31,33-34H,2-11,14-19,22-26H2,1H3/t27-,29-,30?,31-,33-,34?. The van der Waals surface area contributed by atoms with Crippen molar-refractivity contribution in [3.63, 3.8) is 0 Å². The SMILES string of the molecule is CCC[C@H]1CC[C@H]([C@H]2CC[C@H](CCC3CCC(c4ccc(CCCCCF)cc4)CC3)CC2)CC1. The van der Waals surface area contributed by atoms with Gasteiger partial charge in [0.2, 0.25) is 0 Å². The molecule has 198 valence electrons. The topological polar surface area (TPSA) is 0 Å². The number of alkyl halides is 1. The zero-order chi connectivity index (χ0) is 24.3. The van der Waals surface area contributed by atoms with E-state index in [-0.39, 0.29) is 6.67 Å². The van der Waals surface area contributed by atoms with Gasteiger partial charge in [0, 0.05) is 0 Å². The third-order valence-corrected chi connectivity index (χ3v) is 10.5. The third kappa shape index (κ3) is 8.60. The van der Waals surface area contributed by atoms with Gasteiger partial charge in [-0.25, -0.2) is 0 Å². The van der Waals surface area contributed by atoms with E-state index in [2.05, 4.69) is 31.2 Å². The molecule has 1 heteroatoms. The molecule has 0 nitrogen and oxygen atoms in total. The molecular weight excluding hydrogens is 427 g/mol. The minimum absolute atomic E-state index is 0.164. The monoisotopic (exact) mass is 482 g/mol. The summed E-state index contributed by atoms with van der Waals surface area (Å²) in [6.45, 7) is 2.20. The van der Waals surface area contributed by atoms with Crippen LogP contribution in [0.1, 0.15) is 146 Å². The van der Waals surface area contributed by atoms with Gasteiger partial charge < -0.3 is 0 Å². The van der Waals surface area contributed by atoms with Gasteiger partial charge in [0.15, 0.2) is 0 Å². The van der Waals surface area contributed by atoms with Crippen molar-refractivity contribution >= 4 is 0 Å². The first kappa shape index (κ1) is 27.2. The molecule has 0 aliphatic heterocycles. The van der Waals surface area contributed by atoms with Crippen molar-refractivity contribution in [1.82, 2.24) is 0 Å². The van der Waals surface area contributed by atoms with Crippen molar-refractivity contribution in [2.45, 2.75) is 141 Å². The number of hydrogen-bond acceptors (Lipinski definition) is 0. The predicted octanol–water partition coefficient (Wildman–Crippen LogP) is 10.8. The van der Waals surface area contributed by atoms with Crippen LogP contribution in [0.3, 0.4) is 0 Å². The Hall–Kier alpha value is -0.850. The fourth-order valence-electron chi connectivity index (χ4n) is 8.12. The molecule has 4 rings (SSSR count). The van der Waals surface area contributed by atoms with Gasteiger partial charge in [0.05, 0.1) is 6.67 Å². The number of unbranched alkanes of at least 4 members (excludes halogenated alkanes) is 2. The van der Waals surface area contributed by atoms with Crippen LogP contribution in [-0.4, -0.2) is 6.67 Å². The Labute approximate surface area is 217 Å². The lowest BCUT2D eigenvalue weighted by Crippen LogP contribution is -2.26. The van der Waals surface area contributed by atoms with E-state index >= 15 is 0 Å². The highest BCUT2D eigenvalue weighted by Crippen LogP contribution is 2.44. The molecular formula is C34H55F. The fourth-order valence-corrected chi connectivity index (χ4v) is 8.12. The van der Waals surface area contributed by atoms with Crippen molar-refractivity contribution in [2.24, 2.45) is 29.6 Å². The summed E-state index contributed by atoms with van der Waals surface area (Å²) in [7, 11) is 0. The van der Waals surface area contributed by atoms with E-state index in [1.54, 1.807) is 31.2 Å². The van der Waals surface area contributed by atoms with Gasteiger partial charge in [0.1, 0.15) is 0 Å². The molecule has 0 spiro atoms. The molecule has 0 heterocycles. The first-order chi connectivity index (χ1) is 17.2. The van der Waals surface area contributed by atoms with E-state index in [1.807, 2.05) is 0 Å². The third-order valence-electron chi connectivity index (χ3n) is 10.5. The summed E-state index contributed by atoms with van der Waals surface area (Å²) in [6, 6.07) is 9.46. The highest BCUT2D eigenvalue weighted by atomic mass is 19.1. The van der Waals surface area contributed by atoms with E-state index in [9.17, 15) is 4.39 Å². The second-order valence-electron chi connectivity index (χ2n) is 12.9. The molecule has 0 saturated heterocycles. The average Bonchev–Trinajstić information content (AvgIpc) is 2.92. The van der Waals surface area contributed by atoms with Gasteiger partial charge in [-0.1, -0.05) is 89.0 Å². The lowest BCUT2D eigenvalue weighted by atomic mass is 9.68. The Kier molecular flexibility index (Phi) is 11.5. The number of halogens is 1. The molecule has 3 saturated carbocycles. The Morgan fingerprint density at radius 1 is 0.600 bits per heavy atom. The summed E-state index contributed by atoms with van der Waals surface area (Å²) in [5.41, 5.74) is 3.00. The summed E-state index contributed by atoms with van der Waals surface area (Å²) in [4.78, 5) is 0. The molecule has 0 aromatic heterocycles. The summed E-state index contributed by atoms with van der Waals surface area (Å²) in [5.74, 6) is 6.03. The largest absolute Gasteiger partial charge is 0.251 e. The predicted molar refractivity (Wildman–Crippen MR) is 150 cm³/mol. The van der Waals surface area contributed by atoms with Crippen LogP contribution in [0, 0.1) is 29.6 Å². The number of aryl methyl sites for hydroxylation is 1. The second-order valence-corrected chi connectivity index (χ2v) is 12.9. The fraction of sp³-hybridized carbons (Fsp3) is 0.824. The normalized spacial score (nSPS) is 31.9. The molecule has 0 bridgehead atoms. The van der Waals surface area contributed by atoms with E-state index in [0.717, 1.165) is 61.2 Å². The molecule has 3 aliphatic carbocycles. The van der Waals surface area contributed by atoms with E-state index in [0.29, 0.717) is 0 Å². The number of benzene rings is 1. The molecule has 0 atom stereocenters. The lowest BCUT2D eigenvalue weighted by molar-refractivity contribution is 0.137. The Bertz CT molecular complexity index is 669. The van der Waals surface area contributed by atoms with Crippen molar-refractivity contribution in [2.75, 3.05) is 6.67 Å². The zero-order valence-electron chi connectivity index (χ0n) is 23.0. The second kappa shape index (κ2) is 14.8. The molecule has 3 aliphatic rings. The summed E-state index contributed by atoms with van der Waals surface area (Å²) in [6.07, 6.45) is 27.9. The minimum Gasteiger partial charge on any atom is -0.251 e. The van der Waals surface area contributed by atoms with Gasteiger partial charge in [-0.2, -0.15) is 0 Å². The maximum Gasteiger partial charge on any atom is 0.0894 e. The quantitative estimate of drug-likeness (QED) is 0.260. The van der Waals surface area contributed by atoms with Gasteiger partial charge in [-0.15, -0.1) is 0 Å². The Morgan fingerprint density at radius 3 is 1.63 bits per heavy atom. The van der Waals surface area contributed by atoms with Crippen molar-refractivity contribution in [1.29, 1.82) is 0 Å². The van der Waals surface area contributed by atoms with Crippen LogP contribution in [0.2, 0.25) is 0 Å². The van der Waals surface area contributed by atoms with E-state index in [4.69, 9.17) is 0 Å². The summed E-state index contributed by atoms with van der Waals surface area (Å²) >= 11 is 0. The molecule has 1 aromatic carbocycles. The molecule has 0 unspecified atom stereocenters. The lowest BCUT2D eigenvalue weighted by Gasteiger charge is -2.38. The smallest absolute Gasteiger partial charge is 0.0894 e. The Morgan fingerprint density at radius 2 is 1.11 bits per heavy atom. The number of hydrogen-bond donors (Lipinski definition) is 0. The first-order valence-corrected chi connectivity index (χ1v) is 15.9. The minimum atomic E-state index is -0.164.